The summed E-state index contributed by atoms with van der Waals surface area (Å²) in [5, 5.41) is 4.47. The molecule has 0 nitrogen and oxygen atoms in total. The molecule has 0 amide bonds. The number of benzene rings is 2. The Morgan fingerprint density at radius 1 is 0.810 bits per heavy atom. The lowest BCUT2D eigenvalue weighted by Crippen LogP contribution is -2.17. The summed E-state index contributed by atoms with van der Waals surface area (Å²) in [6.07, 6.45) is 6.94. The zero-order valence-electron chi connectivity index (χ0n) is 12.6. The van der Waals surface area contributed by atoms with E-state index in [1.807, 2.05) is 0 Å². The third-order valence-corrected chi connectivity index (χ3v) is 6.52. The first kappa shape index (κ1) is 14.3. The van der Waals surface area contributed by atoms with Gasteiger partial charge in [-0.25, -0.2) is 0 Å². The first-order chi connectivity index (χ1) is 10.3. The predicted molar refractivity (Wildman–Crippen MR) is 94.6 cm³/mol. The van der Waals surface area contributed by atoms with Gasteiger partial charge in [0.25, 0.3) is 0 Å². The fourth-order valence-electron chi connectivity index (χ4n) is 2.87. The maximum atomic E-state index is 2.36. The summed E-state index contributed by atoms with van der Waals surface area (Å²) < 4.78 is 0. The highest BCUT2D eigenvalue weighted by molar-refractivity contribution is 7.76. The molecule has 3 rings (SSSR count). The molecule has 1 aliphatic carbocycles. The van der Waals surface area contributed by atoms with Gasteiger partial charge in [0.05, 0.1) is 0 Å². The Kier molecular flexibility index (Phi) is 4.36. The van der Waals surface area contributed by atoms with Crippen LogP contribution in [-0.4, -0.2) is 0 Å². The van der Waals surface area contributed by atoms with Crippen molar-refractivity contribution in [3.05, 3.63) is 84.2 Å². The monoisotopic (exact) mass is 292 g/mol. The Morgan fingerprint density at radius 3 is 1.81 bits per heavy atom. The third-order valence-electron chi connectivity index (χ3n) is 3.93. The molecule has 2 aromatic rings. The minimum atomic E-state index is -0.425. The Labute approximate surface area is 129 Å². The number of allylic oxidation sites excluding steroid dienone is 4. The van der Waals surface area contributed by atoms with Gasteiger partial charge in [-0.3, -0.25) is 0 Å². The summed E-state index contributed by atoms with van der Waals surface area (Å²) in [4.78, 5) is 0. The van der Waals surface area contributed by atoms with Gasteiger partial charge in [-0.1, -0.05) is 92.7 Å². The Hall–Kier alpha value is -1.65. The van der Waals surface area contributed by atoms with Crippen LogP contribution in [0.2, 0.25) is 0 Å². The van der Waals surface area contributed by atoms with Crippen LogP contribution in [0.25, 0.3) is 0 Å². The number of hydrogen-bond donors (Lipinski definition) is 0. The largest absolute Gasteiger partial charge is 0.0767 e. The number of rotatable bonds is 4. The van der Waals surface area contributed by atoms with Crippen molar-refractivity contribution in [2.45, 2.75) is 13.8 Å². The maximum absolute atomic E-state index is 2.36. The van der Waals surface area contributed by atoms with Crippen molar-refractivity contribution in [3.8, 4) is 0 Å². The van der Waals surface area contributed by atoms with Crippen LogP contribution in [0.15, 0.2) is 84.2 Å². The van der Waals surface area contributed by atoms with E-state index >= 15 is 0 Å². The zero-order valence-corrected chi connectivity index (χ0v) is 13.5. The van der Waals surface area contributed by atoms with Crippen molar-refractivity contribution < 1.29 is 0 Å². The molecule has 0 saturated carbocycles. The highest BCUT2D eigenvalue weighted by Gasteiger charge is 2.27. The molecule has 0 radical (unpaired) electrons. The molecule has 0 heterocycles. The molecule has 106 valence electrons. The molecule has 0 spiro atoms. The lowest BCUT2D eigenvalue weighted by atomic mass is 9.98. The first-order valence-electron chi connectivity index (χ1n) is 7.56. The fraction of sp³-hybridized carbons (Fsp3) is 0.200. The van der Waals surface area contributed by atoms with Gasteiger partial charge in [0.2, 0.25) is 0 Å². The Balaban J connectivity index is 2.06. The summed E-state index contributed by atoms with van der Waals surface area (Å²) in [6, 6.07) is 21.9. The van der Waals surface area contributed by atoms with Crippen molar-refractivity contribution in [2.24, 2.45) is 11.8 Å². The summed E-state index contributed by atoms with van der Waals surface area (Å²) in [5.74, 6) is 1.21. The SMILES string of the molecule is CC(C)C1C=CC=C1P(c1ccccc1)c1ccccc1. The summed E-state index contributed by atoms with van der Waals surface area (Å²) >= 11 is 0. The summed E-state index contributed by atoms with van der Waals surface area (Å²) in [6.45, 7) is 4.63. The van der Waals surface area contributed by atoms with E-state index in [2.05, 4.69) is 92.7 Å². The molecular weight excluding hydrogens is 271 g/mol. The second kappa shape index (κ2) is 6.41. The Bertz CT molecular complexity index is 599. The van der Waals surface area contributed by atoms with Crippen LogP contribution in [0, 0.1) is 11.8 Å². The van der Waals surface area contributed by atoms with Gasteiger partial charge in [0, 0.05) is 5.92 Å². The first-order valence-corrected chi connectivity index (χ1v) is 8.90. The fourth-order valence-corrected chi connectivity index (χ4v) is 5.62. The molecule has 0 N–H and O–H groups in total. The van der Waals surface area contributed by atoms with Gasteiger partial charge in [-0.05, 0) is 29.8 Å². The van der Waals surface area contributed by atoms with Crippen molar-refractivity contribution in [3.63, 3.8) is 0 Å². The van der Waals surface area contributed by atoms with Crippen LogP contribution in [0.5, 0.6) is 0 Å². The molecule has 1 aliphatic rings. The van der Waals surface area contributed by atoms with E-state index in [0.29, 0.717) is 11.8 Å². The number of hydrogen-bond acceptors (Lipinski definition) is 0. The Morgan fingerprint density at radius 2 is 1.33 bits per heavy atom. The van der Waals surface area contributed by atoms with Gasteiger partial charge in [0.15, 0.2) is 0 Å². The van der Waals surface area contributed by atoms with Gasteiger partial charge < -0.3 is 0 Å². The lowest BCUT2D eigenvalue weighted by Gasteiger charge is -2.27. The van der Waals surface area contributed by atoms with Crippen LogP contribution in [0.1, 0.15) is 13.8 Å². The summed E-state index contributed by atoms with van der Waals surface area (Å²) in [7, 11) is -0.425. The van der Waals surface area contributed by atoms with Gasteiger partial charge >= 0.3 is 0 Å². The van der Waals surface area contributed by atoms with Crippen molar-refractivity contribution in [1.82, 2.24) is 0 Å². The van der Waals surface area contributed by atoms with Crippen LogP contribution in [0.4, 0.5) is 0 Å². The molecule has 1 atom stereocenters. The smallest absolute Gasteiger partial charge is 0.00548 e. The molecule has 0 aliphatic heterocycles. The molecule has 1 heteroatoms. The molecule has 0 fully saturated rings. The zero-order chi connectivity index (χ0) is 14.7. The normalized spacial score (nSPS) is 17.5. The maximum Gasteiger partial charge on any atom is 0.00548 e. The molecule has 0 aromatic heterocycles. The van der Waals surface area contributed by atoms with Crippen LogP contribution in [0.3, 0.4) is 0 Å². The average molecular weight is 292 g/mol. The van der Waals surface area contributed by atoms with E-state index < -0.39 is 7.92 Å². The van der Waals surface area contributed by atoms with Crippen LogP contribution >= 0.6 is 7.92 Å². The molecular formula is C20H21P. The minimum absolute atomic E-state index is 0.425. The highest BCUT2D eigenvalue weighted by atomic mass is 31.1. The molecule has 2 aromatic carbocycles. The van der Waals surface area contributed by atoms with Gasteiger partial charge in [-0.2, -0.15) is 0 Å². The van der Waals surface area contributed by atoms with E-state index in [9.17, 15) is 0 Å². The third kappa shape index (κ3) is 3.01. The van der Waals surface area contributed by atoms with Crippen molar-refractivity contribution in [2.75, 3.05) is 0 Å². The standard InChI is InChI=1S/C20H21P/c1-16(2)19-14-9-15-20(19)21(17-10-5-3-6-11-17)18-12-7-4-8-13-18/h3-16,19H,1-2H3. The van der Waals surface area contributed by atoms with Crippen LogP contribution < -0.4 is 10.6 Å². The quantitative estimate of drug-likeness (QED) is 0.707. The van der Waals surface area contributed by atoms with E-state index in [-0.39, 0.29) is 0 Å². The van der Waals surface area contributed by atoms with E-state index in [0.717, 1.165) is 0 Å². The van der Waals surface area contributed by atoms with E-state index in [1.165, 1.54) is 10.6 Å². The lowest BCUT2D eigenvalue weighted by molar-refractivity contribution is 0.548. The van der Waals surface area contributed by atoms with Crippen LogP contribution in [-0.2, 0) is 0 Å². The second-order valence-electron chi connectivity index (χ2n) is 5.75. The van der Waals surface area contributed by atoms with E-state index in [1.54, 1.807) is 5.31 Å². The minimum Gasteiger partial charge on any atom is -0.0767 e. The van der Waals surface area contributed by atoms with Crippen molar-refractivity contribution >= 4 is 18.5 Å². The topological polar surface area (TPSA) is 0 Å². The van der Waals surface area contributed by atoms with Crippen molar-refractivity contribution in [1.29, 1.82) is 0 Å². The highest BCUT2D eigenvalue weighted by Crippen LogP contribution is 2.50. The van der Waals surface area contributed by atoms with Gasteiger partial charge in [0.1, 0.15) is 0 Å². The molecule has 0 saturated heterocycles. The van der Waals surface area contributed by atoms with Gasteiger partial charge in [-0.15, -0.1) is 0 Å². The molecule has 0 bridgehead atoms. The predicted octanol–water partition coefficient (Wildman–Crippen LogP) is 4.85. The average Bonchev–Trinajstić information content (AvgIpc) is 2.99. The summed E-state index contributed by atoms with van der Waals surface area (Å²) in [5.41, 5.74) is 0. The molecule has 21 heavy (non-hydrogen) atoms. The second-order valence-corrected chi connectivity index (χ2v) is 7.97. The van der Waals surface area contributed by atoms with E-state index in [4.69, 9.17) is 0 Å². The molecule has 1 unspecified atom stereocenters.